The van der Waals surface area contributed by atoms with Crippen molar-refractivity contribution in [2.75, 3.05) is 6.61 Å². The second-order valence-electron chi connectivity index (χ2n) is 7.75. The van der Waals surface area contributed by atoms with E-state index in [1.54, 1.807) is 24.7 Å². The number of halogens is 1. The minimum atomic E-state index is -0.286. The van der Waals surface area contributed by atoms with E-state index in [-0.39, 0.29) is 23.7 Å². The second-order valence-corrected chi connectivity index (χ2v) is 7.75. The van der Waals surface area contributed by atoms with Crippen LogP contribution in [0.1, 0.15) is 55.1 Å². The van der Waals surface area contributed by atoms with Crippen LogP contribution in [-0.2, 0) is 16.1 Å². The Balaban J connectivity index is 1.35. The van der Waals surface area contributed by atoms with E-state index < -0.39 is 0 Å². The van der Waals surface area contributed by atoms with Crippen LogP contribution in [0.25, 0.3) is 0 Å². The van der Waals surface area contributed by atoms with Crippen LogP contribution in [0.4, 0.5) is 4.39 Å². The molecule has 1 amide bonds. The lowest BCUT2D eigenvalue weighted by Gasteiger charge is -2.31. The van der Waals surface area contributed by atoms with Gasteiger partial charge in [-0.15, -0.1) is 0 Å². The molecule has 0 bridgehead atoms. The molecule has 4 rings (SSSR count). The van der Waals surface area contributed by atoms with Crippen molar-refractivity contribution in [1.29, 1.82) is 0 Å². The van der Waals surface area contributed by atoms with Crippen LogP contribution in [-0.4, -0.2) is 32.5 Å². The van der Waals surface area contributed by atoms with Crippen molar-refractivity contribution in [1.82, 2.24) is 20.0 Å². The number of pyridine rings is 1. The highest BCUT2D eigenvalue weighted by Gasteiger charge is 2.37. The number of carbonyl (C=O) groups is 1. The molecule has 6 nitrogen and oxygen atoms in total. The SMILES string of the molecule is Cc1ncc(F)cc1C[C@H]1CC[C@H](C(=O)N2OCC[C@H]2c2cnccn2)CC1. The third-order valence-corrected chi connectivity index (χ3v) is 5.91. The molecule has 2 aliphatic rings. The predicted molar refractivity (Wildman–Crippen MR) is 100 cm³/mol. The average molecular weight is 384 g/mol. The van der Waals surface area contributed by atoms with Gasteiger partial charge in [-0.3, -0.25) is 24.6 Å². The van der Waals surface area contributed by atoms with Gasteiger partial charge in [-0.1, -0.05) is 0 Å². The van der Waals surface area contributed by atoms with Gasteiger partial charge in [-0.25, -0.2) is 9.45 Å². The van der Waals surface area contributed by atoms with E-state index >= 15 is 0 Å². The Bertz CT molecular complexity index is 824. The summed E-state index contributed by atoms with van der Waals surface area (Å²) >= 11 is 0. The molecule has 0 unspecified atom stereocenters. The smallest absolute Gasteiger partial charge is 0.249 e. The Morgan fingerprint density at radius 1 is 1.18 bits per heavy atom. The number of amides is 1. The number of hydroxylamine groups is 2. The topological polar surface area (TPSA) is 68.2 Å². The van der Waals surface area contributed by atoms with Gasteiger partial charge in [-0.2, -0.15) is 0 Å². The number of carbonyl (C=O) groups excluding carboxylic acids is 1. The summed E-state index contributed by atoms with van der Waals surface area (Å²) in [5, 5.41) is 1.52. The van der Waals surface area contributed by atoms with Crippen molar-refractivity contribution >= 4 is 5.91 Å². The zero-order chi connectivity index (χ0) is 19.5. The maximum absolute atomic E-state index is 13.5. The quantitative estimate of drug-likeness (QED) is 0.806. The second kappa shape index (κ2) is 8.31. The average Bonchev–Trinajstić information content (AvgIpc) is 3.21. The Kier molecular flexibility index (Phi) is 5.62. The summed E-state index contributed by atoms with van der Waals surface area (Å²) in [5.41, 5.74) is 2.63. The summed E-state index contributed by atoms with van der Waals surface area (Å²) in [6, 6.07) is 1.43. The van der Waals surface area contributed by atoms with Crippen LogP contribution < -0.4 is 0 Å². The molecule has 28 heavy (non-hydrogen) atoms. The van der Waals surface area contributed by atoms with Crippen LogP contribution >= 0.6 is 0 Å². The zero-order valence-corrected chi connectivity index (χ0v) is 16.1. The van der Waals surface area contributed by atoms with Crippen molar-refractivity contribution in [2.24, 2.45) is 11.8 Å². The molecular formula is C21H25FN4O2. The Morgan fingerprint density at radius 3 is 2.75 bits per heavy atom. The van der Waals surface area contributed by atoms with E-state index in [2.05, 4.69) is 15.0 Å². The Hall–Kier alpha value is -2.41. The molecule has 3 heterocycles. The molecule has 1 saturated carbocycles. The molecule has 148 valence electrons. The first-order valence-corrected chi connectivity index (χ1v) is 9.94. The summed E-state index contributed by atoms with van der Waals surface area (Å²) in [6.07, 6.45) is 11.4. The lowest BCUT2D eigenvalue weighted by molar-refractivity contribution is -0.183. The minimum Gasteiger partial charge on any atom is -0.272 e. The highest BCUT2D eigenvalue weighted by atomic mass is 19.1. The van der Waals surface area contributed by atoms with Gasteiger partial charge in [0.1, 0.15) is 11.9 Å². The number of rotatable bonds is 4. The standard InChI is InChI=1S/C21H25FN4O2/c1-14-17(11-18(22)12-25-14)10-15-2-4-16(5-3-15)21(27)26-20(6-9-28-26)19-13-23-7-8-24-19/h7-8,11-13,15-16,20H,2-6,9-10H2,1H3/t15-,16-,20-/m0/s1. The fourth-order valence-corrected chi connectivity index (χ4v) is 4.30. The van der Waals surface area contributed by atoms with Gasteiger partial charge < -0.3 is 0 Å². The predicted octanol–water partition coefficient (Wildman–Crippen LogP) is 3.57. The first kappa shape index (κ1) is 18.9. The first-order valence-electron chi connectivity index (χ1n) is 9.94. The molecule has 0 aromatic carbocycles. The molecule has 0 radical (unpaired) electrons. The van der Waals surface area contributed by atoms with Gasteiger partial charge in [0.05, 0.1) is 24.7 Å². The van der Waals surface area contributed by atoms with Crippen molar-refractivity contribution in [3.63, 3.8) is 0 Å². The monoisotopic (exact) mass is 384 g/mol. The number of aromatic nitrogens is 3. The van der Waals surface area contributed by atoms with Crippen LogP contribution in [0, 0.1) is 24.6 Å². The van der Waals surface area contributed by atoms with E-state index in [1.165, 1.54) is 11.3 Å². The third-order valence-electron chi connectivity index (χ3n) is 5.91. The molecule has 1 saturated heterocycles. The molecule has 1 aliphatic carbocycles. The van der Waals surface area contributed by atoms with E-state index in [9.17, 15) is 9.18 Å². The molecule has 2 aromatic heterocycles. The number of aryl methyl sites for hydroxylation is 1. The lowest BCUT2D eigenvalue weighted by Crippen LogP contribution is -2.37. The summed E-state index contributed by atoms with van der Waals surface area (Å²) in [5.74, 6) is 0.197. The number of hydrogen-bond donors (Lipinski definition) is 0. The number of hydrogen-bond acceptors (Lipinski definition) is 5. The van der Waals surface area contributed by atoms with Crippen molar-refractivity contribution in [2.45, 2.75) is 51.5 Å². The molecule has 2 fully saturated rings. The highest BCUT2D eigenvalue weighted by molar-refractivity contribution is 5.78. The molecular weight excluding hydrogens is 359 g/mol. The van der Waals surface area contributed by atoms with Gasteiger partial charge in [-0.05, 0) is 56.6 Å². The van der Waals surface area contributed by atoms with Crippen LogP contribution in [0.3, 0.4) is 0 Å². The molecule has 7 heteroatoms. The Morgan fingerprint density at radius 2 is 2.00 bits per heavy atom. The van der Waals surface area contributed by atoms with Crippen molar-refractivity contribution in [3.05, 3.63) is 53.6 Å². The van der Waals surface area contributed by atoms with Crippen molar-refractivity contribution in [3.8, 4) is 0 Å². The van der Waals surface area contributed by atoms with Gasteiger partial charge in [0.25, 0.3) is 0 Å². The van der Waals surface area contributed by atoms with E-state index in [4.69, 9.17) is 4.84 Å². The van der Waals surface area contributed by atoms with Crippen molar-refractivity contribution < 1.29 is 14.0 Å². The van der Waals surface area contributed by atoms with Gasteiger partial charge in [0.15, 0.2) is 0 Å². The minimum absolute atomic E-state index is 0.0275. The van der Waals surface area contributed by atoms with E-state index in [0.717, 1.165) is 55.5 Å². The lowest BCUT2D eigenvalue weighted by atomic mass is 9.78. The summed E-state index contributed by atoms with van der Waals surface area (Å²) in [7, 11) is 0. The molecule has 1 atom stereocenters. The van der Waals surface area contributed by atoms with Gasteiger partial charge >= 0.3 is 0 Å². The summed E-state index contributed by atoms with van der Waals surface area (Å²) in [6.45, 7) is 2.44. The summed E-state index contributed by atoms with van der Waals surface area (Å²) < 4.78 is 13.5. The number of nitrogens with zero attached hydrogens (tertiary/aromatic N) is 4. The fraction of sp³-hybridized carbons (Fsp3) is 0.524. The van der Waals surface area contributed by atoms with Crippen LogP contribution in [0.2, 0.25) is 0 Å². The maximum atomic E-state index is 13.5. The zero-order valence-electron chi connectivity index (χ0n) is 16.1. The molecule has 2 aromatic rings. The normalized spacial score (nSPS) is 25.1. The summed E-state index contributed by atoms with van der Waals surface area (Å²) in [4.78, 5) is 31.3. The fourth-order valence-electron chi connectivity index (χ4n) is 4.30. The van der Waals surface area contributed by atoms with Gasteiger partial charge in [0, 0.05) is 30.4 Å². The van der Waals surface area contributed by atoms with E-state index in [0.29, 0.717) is 12.5 Å². The molecule has 0 spiro atoms. The maximum Gasteiger partial charge on any atom is 0.249 e. The molecule has 0 N–H and O–H groups in total. The third kappa shape index (κ3) is 4.04. The Labute approximate surface area is 164 Å². The van der Waals surface area contributed by atoms with Crippen LogP contribution in [0.15, 0.2) is 30.9 Å². The molecule has 1 aliphatic heterocycles. The first-order chi connectivity index (χ1) is 13.6. The van der Waals surface area contributed by atoms with Crippen LogP contribution in [0.5, 0.6) is 0 Å². The van der Waals surface area contributed by atoms with E-state index in [1.807, 2.05) is 6.92 Å². The highest BCUT2D eigenvalue weighted by Crippen LogP contribution is 2.36. The van der Waals surface area contributed by atoms with Gasteiger partial charge in [0.2, 0.25) is 5.91 Å². The largest absolute Gasteiger partial charge is 0.272 e.